The number of amides is 2. The average molecular weight is 715 g/mol. The lowest BCUT2D eigenvalue weighted by Crippen LogP contribution is -2.43. The minimum absolute atomic E-state index is 0.0543. The van der Waals surface area contributed by atoms with Gasteiger partial charge < -0.3 is 30.1 Å². The third-order valence-corrected chi connectivity index (χ3v) is 8.47. The number of aromatic amines is 2. The number of imidazole rings is 2. The number of hydrogen-bond acceptors (Lipinski definition) is 8. The molecule has 0 bridgehead atoms. The Labute approximate surface area is 292 Å². The summed E-state index contributed by atoms with van der Waals surface area (Å²) < 4.78 is 64.0. The predicted octanol–water partition coefficient (Wildman–Crippen LogP) is 6.01. The number of nitrogens with zero attached hydrogens (tertiary/aromatic N) is 4. The van der Waals surface area contributed by atoms with Gasteiger partial charge in [-0.05, 0) is 18.8 Å². The summed E-state index contributed by atoms with van der Waals surface area (Å²) in [6, 6.07) is 6.99. The number of benzene rings is 1. The maximum atomic E-state index is 13.6. The van der Waals surface area contributed by atoms with Crippen molar-refractivity contribution < 1.29 is 36.6 Å². The molecule has 4 N–H and O–H groups in total. The van der Waals surface area contributed by atoms with Crippen molar-refractivity contribution in [1.82, 2.24) is 40.5 Å². The van der Waals surface area contributed by atoms with E-state index in [9.17, 15) is 27.2 Å². The van der Waals surface area contributed by atoms with Crippen molar-refractivity contribution in [3.05, 3.63) is 60.7 Å². The molecule has 1 aliphatic heterocycles. The molecule has 1 aliphatic rings. The van der Waals surface area contributed by atoms with Gasteiger partial charge in [-0.3, -0.25) is 19.6 Å². The summed E-state index contributed by atoms with van der Waals surface area (Å²) >= 11 is 0. The molecular weight excluding hydrogens is 672 g/mol. The van der Waals surface area contributed by atoms with Gasteiger partial charge in [0.15, 0.2) is 0 Å². The van der Waals surface area contributed by atoms with Crippen molar-refractivity contribution in [1.29, 1.82) is 0 Å². The molecule has 0 spiro atoms. The fourth-order valence-corrected chi connectivity index (χ4v) is 5.23. The van der Waals surface area contributed by atoms with Crippen molar-refractivity contribution in [2.24, 2.45) is 5.41 Å². The Kier molecular flexibility index (Phi) is 11.2. The van der Waals surface area contributed by atoms with E-state index >= 15 is 0 Å². The highest BCUT2D eigenvalue weighted by Crippen LogP contribution is 2.33. The third kappa shape index (κ3) is 9.76. The summed E-state index contributed by atoms with van der Waals surface area (Å²) in [5.74, 6) is -5.93. The Morgan fingerprint density at radius 3 is 2.25 bits per heavy atom. The first-order chi connectivity index (χ1) is 24.0. The fraction of sp³-hybridized carbons (Fsp3) is 0.486. The predicted molar refractivity (Wildman–Crippen MR) is 179 cm³/mol. The highest BCUT2D eigenvalue weighted by molar-refractivity contribution is 5.81. The number of hydrogen-bond donors (Lipinski definition) is 4. The van der Waals surface area contributed by atoms with E-state index in [2.05, 4.69) is 35.6 Å². The molecule has 3 atom stereocenters. The van der Waals surface area contributed by atoms with Crippen LogP contribution in [0.1, 0.15) is 71.6 Å². The van der Waals surface area contributed by atoms with Crippen LogP contribution in [0.3, 0.4) is 0 Å². The molecule has 0 aliphatic carbocycles. The highest BCUT2D eigenvalue weighted by Gasteiger charge is 2.38. The largest absolute Gasteiger partial charge is 0.362 e. The number of rotatable bonds is 13. The van der Waals surface area contributed by atoms with E-state index in [4.69, 9.17) is 14.5 Å². The summed E-state index contributed by atoms with van der Waals surface area (Å²) in [6.45, 7) is 7.06. The van der Waals surface area contributed by atoms with Gasteiger partial charge in [0.1, 0.15) is 48.5 Å². The number of H-pyrrole nitrogens is 2. The quantitative estimate of drug-likeness (QED) is 0.123. The summed E-state index contributed by atoms with van der Waals surface area (Å²) in [6.07, 6.45) is 3.75. The molecule has 16 heteroatoms. The molecule has 274 valence electrons. The van der Waals surface area contributed by atoms with E-state index < -0.39 is 67.0 Å². The van der Waals surface area contributed by atoms with Crippen LogP contribution in [0.2, 0.25) is 0 Å². The van der Waals surface area contributed by atoms with Crippen LogP contribution in [0.5, 0.6) is 0 Å². The number of alkyl halides is 4. The van der Waals surface area contributed by atoms with E-state index in [-0.39, 0.29) is 19.4 Å². The normalized spacial score (nSPS) is 17.5. The van der Waals surface area contributed by atoms with Crippen LogP contribution in [-0.2, 0) is 25.6 Å². The lowest BCUT2D eigenvalue weighted by molar-refractivity contribution is -0.162. The molecule has 1 fully saturated rings. The molecule has 4 heterocycles. The summed E-state index contributed by atoms with van der Waals surface area (Å²) in [5.41, 5.74) is 3.45. The van der Waals surface area contributed by atoms with Crippen LogP contribution < -0.4 is 10.6 Å². The molecule has 1 aromatic carbocycles. The zero-order valence-electron chi connectivity index (χ0n) is 29.0. The third-order valence-electron chi connectivity index (χ3n) is 8.47. The van der Waals surface area contributed by atoms with Crippen LogP contribution >= 0.6 is 0 Å². The SMILES string of the molecule is CCC(F)(F)COC(C)C(=O)NC(c1nc(-c2ccc(-c3cnc(-c4c[nH]c(CNC(=O)C5CCC(F)(F)CO5)n4)cn3)cc2)c[nH]1)C(C)(C)C. The lowest BCUT2D eigenvalue weighted by Gasteiger charge is -2.31. The van der Waals surface area contributed by atoms with Gasteiger partial charge in [0.2, 0.25) is 11.8 Å². The van der Waals surface area contributed by atoms with E-state index in [0.717, 1.165) is 11.1 Å². The van der Waals surface area contributed by atoms with Gasteiger partial charge in [0.05, 0.1) is 36.4 Å². The number of carbonyl (C=O) groups is 2. The first-order valence-electron chi connectivity index (χ1n) is 16.6. The van der Waals surface area contributed by atoms with Crippen LogP contribution in [0.15, 0.2) is 49.1 Å². The van der Waals surface area contributed by atoms with Crippen LogP contribution in [-0.4, -0.2) is 79.0 Å². The van der Waals surface area contributed by atoms with Gasteiger partial charge in [-0.2, -0.15) is 0 Å². The second kappa shape index (κ2) is 15.3. The molecule has 51 heavy (non-hydrogen) atoms. The van der Waals surface area contributed by atoms with Gasteiger partial charge in [-0.25, -0.2) is 27.5 Å². The number of aromatic nitrogens is 6. The molecule has 3 unspecified atom stereocenters. The van der Waals surface area contributed by atoms with E-state index in [0.29, 0.717) is 34.4 Å². The molecule has 12 nitrogen and oxygen atoms in total. The molecule has 4 aromatic rings. The minimum atomic E-state index is -3.01. The lowest BCUT2D eigenvalue weighted by atomic mass is 9.86. The summed E-state index contributed by atoms with van der Waals surface area (Å²) in [4.78, 5) is 49.5. The fourth-order valence-electron chi connectivity index (χ4n) is 5.23. The molecule has 0 radical (unpaired) electrons. The Morgan fingerprint density at radius 2 is 1.65 bits per heavy atom. The van der Waals surface area contributed by atoms with Crippen LogP contribution in [0.4, 0.5) is 17.6 Å². The smallest absolute Gasteiger partial charge is 0.271 e. The Morgan fingerprint density at radius 1 is 1.00 bits per heavy atom. The summed E-state index contributed by atoms with van der Waals surface area (Å²) in [7, 11) is 0. The Balaban J connectivity index is 1.18. The van der Waals surface area contributed by atoms with Crippen molar-refractivity contribution in [2.75, 3.05) is 13.2 Å². The Hall–Kier alpha value is -4.70. The number of ether oxygens (including phenoxy) is 2. The van der Waals surface area contributed by atoms with Gasteiger partial charge >= 0.3 is 0 Å². The number of nitrogens with one attached hydrogen (secondary N) is 4. The van der Waals surface area contributed by atoms with Crippen LogP contribution in [0.25, 0.3) is 33.9 Å². The van der Waals surface area contributed by atoms with Crippen molar-refractivity contribution in [2.45, 2.75) is 90.5 Å². The molecule has 0 saturated carbocycles. The molecule has 3 aromatic heterocycles. The average Bonchev–Trinajstić information content (AvgIpc) is 3.79. The standard InChI is InChI=1S/C35H42F4N8O4/c1-6-34(36,37)18-50-20(2)31(48)47-29(33(3,4)5)30-43-14-24(46-30)22-9-7-21(8-10-22)23-13-41-25(15-40-23)26-16-42-28(45-26)17-44-32(49)27-11-12-35(38,39)19-51-27/h7-10,13-16,20,27,29H,6,11-12,17-19H2,1-5H3,(H,42,45)(H,43,46)(H,44,49)(H,47,48). The molecular formula is C35H42F4N8O4. The topological polar surface area (TPSA) is 160 Å². The summed E-state index contributed by atoms with van der Waals surface area (Å²) in [5, 5.41) is 5.55. The van der Waals surface area contributed by atoms with E-state index in [1.165, 1.54) is 13.8 Å². The number of carbonyl (C=O) groups excluding carboxylic acids is 2. The van der Waals surface area contributed by atoms with Crippen molar-refractivity contribution in [3.8, 4) is 33.9 Å². The molecule has 2 amide bonds. The minimum Gasteiger partial charge on any atom is -0.362 e. The monoisotopic (exact) mass is 714 g/mol. The van der Waals surface area contributed by atoms with Gasteiger partial charge in [0, 0.05) is 36.4 Å². The Bertz CT molecular complexity index is 1780. The number of halogens is 4. The second-order valence-corrected chi connectivity index (χ2v) is 13.7. The van der Waals surface area contributed by atoms with Crippen molar-refractivity contribution >= 4 is 11.8 Å². The van der Waals surface area contributed by atoms with Crippen molar-refractivity contribution in [3.63, 3.8) is 0 Å². The van der Waals surface area contributed by atoms with Crippen LogP contribution in [0, 0.1) is 5.41 Å². The zero-order chi connectivity index (χ0) is 37.0. The highest BCUT2D eigenvalue weighted by atomic mass is 19.3. The molecule has 1 saturated heterocycles. The van der Waals surface area contributed by atoms with E-state index in [1.807, 2.05) is 45.0 Å². The van der Waals surface area contributed by atoms with Gasteiger partial charge in [0.25, 0.3) is 11.8 Å². The molecule has 5 rings (SSSR count). The first kappa shape index (κ1) is 37.6. The van der Waals surface area contributed by atoms with E-state index in [1.54, 1.807) is 24.8 Å². The maximum absolute atomic E-state index is 13.6. The van der Waals surface area contributed by atoms with Gasteiger partial charge in [-0.1, -0.05) is 52.0 Å². The zero-order valence-corrected chi connectivity index (χ0v) is 29.0. The first-order valence-corrected chi connectivity index (χ1v) is 16.6. The van der Waals surface area contributed by atoms with Gasteiger partial charge in [-0.15, -0.1) is 0 Å². The maximum Gasteiger partial charge on any atom is 0.271 e. The second-order valence-electron chi connectivity index (χ2n) is 13.7.